The van der Waals surface area contributed by atoms with Gasteiger partial charge in [-0.15, -0.1) is 0 Å². The van der Waals surface area contributed by atoms with Crippen LogP contribution in [0.25, 0.3) is 0 Å². The molecule has 0 aromatic rings. The Bertz CT molecular complexity index is 237. The van der Waals surface area contributed by atoms with E-state index in [4.69, 9.17) is 18.0 Å². The molecule has 0 aromatic carbocycles. The van der Waals surface area contributed by atoms with Crippen LogP contribution in [0.3, 0.4) is 0 Å². The second-order valence-corrected chi connectivity index (χ2v) is 4.85. The molecule has 0 aromatic heterocycles. The lowest BCUT2D eigenvalue weighted by Gasteiger charge is -2.13. The first kappa shape index (κ1) is 12.4. The van der Waals surface area contributed by atoms with Gasteiger partial charge in [-0.05, 0) is 19.3 Å². The molecule has 1 aliphatic carbocycles. The molecule has 15 heavy (non-hydrogen) atoms. The third-order valence-electron chi connectivity index (χ3n) is 3.06. The molecule has 1 fully saturated rings. The maximum atomic E-state index is 11.5. The number of amides is 1. The minimum Gasteiger partial charge on any atom is -0.392 e. The maximum absolute atomic E-state index is 11.5. The van der Waals surface area contributed by atoms with E-state index in [1.165, 1.54) is 25.7 Å². The van der Waals surface area contributed by atoms with Gasteiger partial charge in [0, 0.05) is 6.42 Å². The zero-order valence-electron chi connectivity index (χ0n) is 9.29. The van der Waals surface area contributed by atoms with Gasteiger partial charge >= 0.3 is 0 Å². The van der Waals surface area contributed by atoms with Crippen molar-refractivity contribution in [3.05, 3.63) is 0 Å². The largest absolute Gasteiger partial charge is 0.392 e. The van der Waals surface area contributed by atoms with Crippen LogP contribution in [0.5, 0.6) is 0 Å². The van der Waals surface area contributed by atoms with Crippen LogP contribution in [0.1, 0.15) is 45.4 Å². The van der Waals surface area contributed by atoms with Crippen LogP contribution in [0.15, 0.2) is 0 Å². The highest BCUT2D eigenvalue weighted by atomic mass is 32.1. The van der Waals surface area contributed by atoms with E-state index < -0.39 is 0 Å². The molecule has 1 atom stereocenters. The standard InChI is InChI=1S/C11H20N2OS/c1-8(11(12)15)13-10(14)7-6-9-4-2-3-5-9/h8-9H,2-7H2,1H3,(H2,12,15)(H,13,14). The van der Waals surface area contributed by atoms with Crippen molar-refractivity contribution in [2.75, 3.05) is 0 Å². The van der Waals surface area contributed by atoms with Crippen molar-refractivity contribution in [3.8, 4) is 0 Å². The first-order chi connectivity index (χ1) is 7.09. The van der Waals surface area contributed by atoms with E-state index in [1.54, 1.807) is 0 Å². The molecule has 4 heteroatoms. The van der Waals surface area contributed by atoms with Gasteiger partial charge in [0.05, 0.1) is 11.0 Å². The molecule has 0 aliphatic heterocycles. The summed E-state index contributed by atoms with van der Waals surface area (Å²) >= 11 is 4.79. The van der Waals surface area contributed by atoms with E-state index >= 15 is 0 Å². The average Bonchev–Trinajstić information content (AvgIpc) is 2.66. The van der Waals surface area contributed by atoms with Gasteiger partial charge in [0.25, 0.3) is 0 Å². The Kier molecular flexibility index (Phi) is 5.02. The SMILES string of the molecule is CC(NC(=O)CCC1CCCC1)C(N)=S. The highest BCUT2D eigenvalue weighted by Gasteiger charge is 2.17. The minimum absolute atomic E-state index is 0.0715. The number of rotatable bonds is 5. The van der Waals surface area contributed by atoms with Gasteiger partial charge in [0.15, 0.2) is 0 Å². The van der Waals surface area contributed by atoms with Gasteiger partial charge in [-0.25, -0.2) is 0 Å². The zero-order chi connectivity index (χ0) is 11.3. The molecule has 0 radical (unpaired) electrons. The molecule has 0 heterocycles. The molecule has 1 amide bonds. The minimum atomic E-state index is -0.184. The summed E-state index contributed by atoms with van der Waals surface area (Å²) in [6, 6.07) is -0.184. The molecule has 3 nitrogen and oxygen atoms in total. The number of nitrogens with one attached hydrogen (secondary N) is 1. The zero-order valence-corrected chi connectivity index (χ0v) is 10.1. The predicted molar refractivity (Wildman–Crippen MR) is 65.6 cm³/mol. The lowest BCUT2D eigenvalue weighted by molar-refractivity contribution is -0.121. The van der Waals surface area contributed by atoms with Gasteiger partial charge in [0.1, 0.15) is 0 Å². The van der Waals surface area contributed by atoms with Gasteiger partial charge in [-0.2, -0.15) is 0 Å². The monoisotopic (exact) mass is 228 g/mol. The normalized spacial score (nSPS) is 18.7. The van der Waals surface area contributed by atoms with Gasteiger partial charge in [-0.3, -0.25) is 4.79 Å². The molecule has 0 saturated heterocycles. The van der Waals surface area contributed by atoms with Crippen LogP contribution in [0.2, 0.25) is 0 Å². The van der Waals surface area contributed by atoms with Gasteiger partial charge in [0.2, 0.25) is 5.91 Å². The second kappa shape index (κ2) is 6.05. The molecule has 3 N–H and O–H groups in total. The lowest BCUT2D eigenvalue weighted by Crippen LogP contribution is -2.41. The summed E-state index contributed by atoms with van der Waals surface area (Å²) in [5.41, 5.74) is 5.42. The van der Waals surface area contributed by atoms with Crippen molar-refractivity contribution in [2.45, 2.75) is 51.5 Å². The van der Waals surface area contributed by atoms with Crippen LogP contribution in [-0.2, 0) is 4.79 Å². The average molecular weight is 228 g/mol. The Balaban J connectivity index is 2.15. The van der Waals surface area contributed by atoms with Crippen LogP contribution in [-0.4, -0.2) is 16.9 Å². The predicted octanol–water partition coefficient (Wildman–Crippen LogP) is 1.75. The molecule has 1 unspecified atom stereocenters. The first-order valence-corrected chi connectivity index (χ1v) is 6.09. The van der Waals surface area contributed by atoms with E-state index in [1.807, 2.05) is 6.92 Å². The molecule has 0 spiro atoms. The number of hydrogen-bond donors (Lipinski definition) is 2. The number of thiocarbonyl (C=S) groups is 1. The van der Waals surface area contributed by atoms with Crippen molar-refractivity contribution in [1.29, 1.82) is 0 Å². The summed E-state index contributed by atoms with van der Waals surface area (Å²) in [5, 5.41) is 2.80. The van der Waals surface area contributed by atoms with Crippen molar-refractivity contribution < 1.29 is 4.79 Å². The van der Waals surface area contributed by atoms with E-state index in [0.29, 0.717) is 11.4 Å². The fraction of sp³-hybridized carbons (Fsp3) is 0.818. The van der Waals surface area contributed by atoms with Crippen molar-refractivity contribution in [2.24, 2.45) is 11.7 Å². The topological polar surface area (TPSA) is 55.1 Å². The summed E-state index contributed by atoms with van der Waals surface area (Å²) in [6.07, 6.45) is 6.86. The third kappa shape index (κ3) is 4.60. The molecular formula is C11H20N2OS. The number of carbonyl (C=O) groups excluding carboxylic acids is 1. The summed E-state index contributed by atoms with van der Waals surface area (Å²) in [6.45, 7) is 1.82. The second-order valence-electron chi connectivity index (χ2n) is 4.38. The highest BCUT2D eigenvalue weighted by Crippen LogP contribution is 2.28. The fourth-order valence-corrected chi connectivity index (χ4v) is 2.08. The van der Waals surface area contributed by atoms with Crippen LogP contribution >= 0.6 is 12.2 Å². The van der Waals surface area contributed by atoms with Crippen LogP contribution in [0.4, 0.5) is 0 Å². The Morgan fingerprint density at radius 3 is 2.67 bits per heavy atom. The molecule has 86 valence electrons. The van der Waals surface area contributed by atoms with Crippen molar-refractivity contribution in [3.63, 3.8) is 0 Å². The van der Waals surface area contributed by atoms with E-state index in [-0.39, 0.29) is 11.9 Å². The van der Waals surface area contributed by atoms with Crippen molar-refractivity contribution >= 4 is 23.1 Å². The molecule has 1 saturated carbocycles. The fourth-order valence-electron chi connectivity index (χ4n) is 2.02. The maximum Gasteiger partial charge on any atom is 0.220 e. The summed E-state index contributed by atoms with van der Waals surface area (Å²) in [4.78, 5) is 11.8. The van der Waals surface area contributed by atoms with E-state index in [2.05, 4.69) is 5.32 Å². The van der Waals surface area contributed by atoms with Gasteiger partial charge in [-0.1, -0.05) is 37.9 Å². The molecular weight excluding hydrogens is 208 g/mol. The number of nitrogens with two attached hydrogens (primary N) is 1. The quantitative estimate of drug-likeness (QED) is 0.705. The lowest BCUT2D eigenvalue weighted by atomic mass is 10.0. The van der Waals surface area contributed by atoms with Gasteiger partial charge < -0.3 is 11.1 Å². The summed E-state index contributed by atoms with van der Waals surface area (Å²) in [5.74, 6) is 0.832. The molecule has 1 aliphatic rings. The first-order valence-electron chi connectivity index (χ1n) is 5.68. The van der Waals surface area contributed by atoms with Crippen molar-refractivity contribution in [1.82, 2.24) is 5.32 Å². The third-order valence-corrected chi connectivity index (χ3v) is 3.41. The molecule has 1 rings (SSSR count). The van der Waals surface area contributed by atoms with Crippen LogP contribution in [0, 0.1) is 5.92 Å². The molecule has 0 bridgehead atoms. The number of carbonyl (C=O) groups is 1. The number of hydrogen-bond acceptors (Lipinski definition) is 2. The summed E-state index contributed by atoms with van der Waals surface area (Å²) < 4.78 is 0. The Morgan fingerprint density at radius 1 is 1.53 bits per heavy atom. The summed E-state index contributed by atoms with van der Waals surface area (Å²) in [7, 11) is 0. The van der Waals surface area contributed by atoms with E-state index in [0.717, 1.165) is 12.3 Å². The highest BCUT2D eigenvalue weighted by molar-refractivity contribution is 7.80. The van der Waals surface area contributed by atoms with Crippen LogP contribution < -0.4 is 11.1 Å². The van der Waals surface area contributed by atoms with E-state index in [9.17, 15) is 4.79 Å². The Labute approximate surface area is 96.8 Å². The Hall–Kier alpha value is -0.640. The Morgan fingerprint density at radius 2 is 2.13 bits per heavy atom. The smallest absolute Gasteiger partial charge is 0.220 e.